The first-order valence-electron chi connectivity index (χ1n) is 7.36. The fraction of sp³-hybridized carbons (Fsp3) is 0.562. The fourth-order valence-electron chi connectivity index (χ4n) is 2.10. The standard InChI is InChI=1S/C16H26N2O2/c1-4-18(5-2)15-8-6-14(7-9-15)16(20)17-12-13(3)10-11-19/h6-9,13,19H,4-5,10-12H2,1-3H3,(H,17,20). The van der Waals surface area contributed by atoms with E-state index in [2.05, 4.69) is 24.1 Å². The van der Waals surface area contributed by atoms with Crippen LogP contribution in [0.1, 0.15) is 37.6 Å². The molecule has 1 aromatic rings. The first-order valence-corrected chi connectivity index (χ1v) is 7.36. The molecule has 0 saturated heterocycles. The van der Waals surface area contributed by atoms with Gasteiger partial charge in [0.05, 0.1) is 0 Å². The molecule has 1 atom stereocenters. The van der Waals surface area contributed by atoms with Crippen molar-refractivity contribution in [3.63, 3.8) is 0 Å². The molecule has 0 bridgehead atoms. The Labute approximate surface area is 121 Å². The molecule has 112 valence electrons. The number of nitrogens with one attached hydrogen (secondary N) is 1. The van der Waals surface area contributed by atoms with Crippen molar-refractivity contribution in [2.45, 2.75) is 27.2 Å². The zero-order valence-corrected chi connectivity index (χ0v) is 12.7. The molecule has 0 radical (unpaired) electrons. The number of aliphatic hydroxyl groups excluding tert-OH is 1. The van der Waals surface area contributed by atoms with Gasteiger partial charge in [-0.15, -0.1) is 0 Å². The predicted octanol–water partition coefficient (Wildman–Crippen LogP) is 2.28. The number of nitrogens with zero attached hydrogens (tertiary/aromatic N) is 1. The first-order chi connectivity index (χ1) is 9.62. The summed E-state index contributed by atoms with van der Waals surface area (Å²) in [5.41, 5.74) is 1.82. The largest absolute Gasteiger partial charge is 0.396 e. The van der Waals surface area contributed by atoms with Gasteiger partial charge < -0.3 is 15.3 Å². The first kappa shape index (κ1) is 16.5. The number of hydrogen-bond donors (Lipinski definition) is 2. The maximum atomic E-state index is 12.0. The summed E-state index contributed by atoms with van der Waals surface area (Å²) >= 11 is 0. The number of rotatable bonds is 8. The lowest BCUT2D eigenvalue weighted by Gasteiger charge is -2.21. The molecule has 0 aliphatic heterocycles. The molecule has 1 aromatic carbocycles. The van der Waals surface area contributed by atoms with Gasteiger partial charge in [0.15, 0.2) is 0 Å². The van der Waals surface area contributed by atoms with Crippen LogP contribution >= 0.6 is 0 Å². The van der Waals surface area contributed by atoms with E-state index in [1.807, 2.05) is 31.2 Å². The Bertz CT molecular complexity index is 399. The third-order valence-electron chi connectivity index (χ3n) is 3.49. The van der Waals surface area contributed by atoms with Crippen molar-refractivity contribution in [1.82, 2.24) is 5.32 Å². The van der Waals surface area contributed by atoms with Gasteiger partial charge in [-0.05, 0) is 50.5 Å². The van der Waals surface area contributed by atoms with E-state index in [-0.39, 0.29) is 12.5 Å². The van der Waals surface area contributed by atoms with Gasteiger partial charge in [-0.3, -0.25) is 4.79 Å². The lowest BCUT2D eigenvalue weighted by molar-refractivity contribution is 0.0945. The Morgan fingerprint density at radius 1 is 1.25 bits per heavy atom. The number of aliphatic hydroxyl groups is 1. The van der Waals surface area contributed by atoms with Gasteiger partial charge in [0.2, 0.25) is 0 Å². The number of benzene rings is 1. The van der Waals surface area contributed by atoms with Crippen LogP contribution in [0.5, 0.6) is 0 Å². The molecule has 4 heteroatoms. The summed E-state index contributed by atoms with van der Waals surface area (Å²) in [7, 11) is 0. The number of carbonyl (C=O) groups excluding carboxylic acids is 1. The van der Waals surface area contributed by atoms with Gasteiger partial charge in [0.25, 0.3) is 5.91 Å². The monoisotopic (exact) mass is 278 g/mol. The van der Waals surface area contributed by atoms with E-state index in [1.165, 1.54) is 0 Å². The van der Waals surface area contributed by atoms with E-state index in [1.54, 1.807) is 0 Å². The minimum absolute atomic E-state index is 0.0547. The molecular weight excluding hydrogens is 252 g/mol. The molecule has 2 N–H and O–H groups in total. The van der Waals surface area contributed by atoms with Gasteiger partial charge in [-0.2, -0.15) is 0 Å². The number of amides is 1. The van der Waals surface area contributed by atoms with Gasteiger partial charge in [0, 0.05) is 37.5 Å². The fourth-order valence-corrected chi connectivity index (χ4v) is 2.10. The van der Waals surface area contributed by atoms with Crippen molar-refractivity contribution in [2.75, 3.05) is 31.1 Å². The molecular formula is C16H26N2O2. The van der Waals surface area contributed by atoms with E-state index in [0.29, 0.717) is 24.4 Å². The highest BCUT2D eigenvalue weighted by Gasteiger charge is 2.08. The quantitative estimate of drug-likeness (QED) is 0.767. The van der Waals surface area contributed by atoms with E-state index >= 15 is 0 Å². The Balaban J connectivity index is 2.57. The average Bonchev–Trinajstić information content (AvgIpc) is 2.47. The van der Waals surface area contributed by atoms with E-state index in [4.69, 9.17) is 5.11 Å². The normalized spacial score (nSPS) is 12.0. The van der Waals surface area contributed by atoms with Crippen LogP contribution in [0.15, 0.2) is 24.3 Å². The second kappa shape index (κ2) is 8.59. The Hall–Kier alpha value is -1.55. The topological polar surface area (TPSA) is 52.6 Å². The molecule has 0 spiro atoms. The van der Waals surface area contributed by atoms with Crippen LogP contribution in [0, 0.1) is 5.92 Å². The molecule has 0 fully saturated rings. The zero-order valence-electron chi connectivity index (χ0n) is 12.7. The van der Waals surface area contributed by atoms with Crippen molar-refractivity contribution in [3.8, 4) is 0 Å². The van der Waals surface area contributed by atoms with Crippen LogP contribution < -0.4 is 10.2 Å². The number of carbonyl (C=O) groups is 1. The van der Waals surface area contributed by atoms with Gasteiger partial charge in [0.1, 0.15) is 0 Å². The van der Waals surface area contributed by atoms with Crippen molar-refractivity contribution in [3.05, 3.63) is 29.8 Å². The second-order valence-electron chi connectivity index (χ2n) is 5.05. The summed E-state index contributed by atoms with van der Waals surface area (Å²) in [5, 5.41) is 11.7. The lowest BCUT2D eigenvalue weighted by Crippen LogP contribution is -2.28. The summed E-state index contributed by atoms with van der Waals surface area (Å²) in [5.74, 6) is 0.236. The van der Waals surface area contributed by atoms with Crippen molar-refractivity contribution < 1.29 is 9.90 Å². The van der Waals surface area contributed by atoms with Crippen LogP contribution in [-0.2, 0) is 0 Å². The summed E-state index contributed by atoms with van der Waals surface area (Å²) in [6.07, 6.45) is 0.710. The molecule has 0 heterocycles. The van der Waals surface area contributed by atoms with Gasteiger partial charge in [-0.1, -0.05) is 6.92 Å². The molecule has 4 nitrogen and oxygen atoms in total. The molecule has 0 aliphatic carbocycles. The molecule has 0 aliphatic rings. The van der Waals surface area contributed by atoms with Crippen molar-refractivity contribution >= 4 is 11.6 Å². The molecule has 1 amide bonds. The second-order valence-corrected chi connectivity index (χ2v) is 5.05. The highest BCUT2D eigenvalue weighted by Crippen LogP contribution is 2.14. The van der Waals surface area contributed by atoms with Crippen LogP contribution in [0.4, 0.5) is 5.69 Å². The van der Waals surface area contributed by atoms with Gasteiger partial charge in [-0.25, -0.2) is 0 Å². The van der Waals surface area contributed by atoms with Crippen molar-refractivity contribution in [1.29, 1.82) is 0 Å². The van der Waals surface area contributed by atoms with Crippen LogP contribution in [0.2, 0.25) is 0 Å². The maximum absolute atomic E-state index is 12.0. The van der Waals surface area contributed by atoms with Crippen LogP contribution in [-0.4, -0.2) is 37.3 Å². The summed E-state index contributed by atoms with van der Waals surface area (Å²) < 4.78 is 0. The number of hydrogen-bond acceptors (Lipinski definition) is 3. The van der Waals surface area contributed by atoms with Crippen molar-refractivity contribution in [2.24, 2.45) is 5.92 Å². The zero-order chi connectivity index (χ0) is 15.0. The number of anilines is 1. The van der Waals surface area contributed by atoms with Crippen LogP contribution in [0.25, 0.3) is 0 Å². The molecule has 20 heavy (non-hydrogen) atoms. The Morgan fingerprint density at radius 2 is 1.85 bits per heavy atom. The lowest BCUT2D eigenvalue weighted by atomic mass is 10.1. The minimum Gasteiger partial charge on any atom is -0.396 e. The third-order valence-corrected chi connectivity index (χ3v) is 3.49. The highest BCUT2D eigenvalue weighted by atomic mass is 16.3. The predicted molar refractivity (Wildman–Crippen MR) is 83.2 cm³/mol. The SMILES string of the molecule is CCN(CC)c1ccc(C(=O)NCC(C)CCO)cc1. The summed E-state index contributed by atoms with van der Waals surface area (Å²) in [6.45, 7) is 8.92. The van der Waals surface area contributed by atoms with Gasteiger partial charge >= 0.3 is 0 Å². The van der Waals surface area contributed by atoms with Crippen LogP contribution in [0.3, 0.4) is 0 Å². The summed E-state index contributed by atoms with van der Waals surface area (Å²) in [4.78, 5) is 14.2. The smallest absolute Gasteiger partial charge is 0.251 e. The maximum Gasteiger partial charge on any atom is 0.251 e. The molecule has 0 aromatic heterocycles. The Morgan fingerprint density at radius 3 is 2.35 bits per heavy atom. The molecule has 0 saturated carbocycles. The van der Waals surface area contributed by atoms with E-state index in [9.17, 15) is 4.79 Å². The summed E-state index contributed by atoms with van der Waals surface area (Å²) in [6, 6.07) is 7.69. The molecule has 1 rings (SSSR count). The van der Waals surface area contributed by atoms with E-state index in [0.717, 1.165) is 18.8 Å². The molecule has 1 unspecified atom stereocenters. The average molecular weight is 278 g/mol. The van der Waals surface area contributed by atoms with E-state index < -0.39 is 0 Å². The Kier molecular flexibility index (Phi) is 7.09. The third kappa shape index (κ3) is 4.85. The minimum atomic E-state index is -0.0547. The highest BCUT2D eigenvalue weighted by molar-refractivity contribution is 5.94.